The van der Waals surface area contributed by atoms with Gasteiger partial charge in [0.05, 0.1) is 6.61 Å². The standard InChI is InChI=1S/C16H27BrF2O6S2/c1-26(2,14-10-6-5-9-13(14)20)25-27(22,23)16(18,19)15(21)24-12-8-4-3-7-11-17/h14H,3-12H2,1-2H3/p+1. The SMILES string of the molecule is CS(C)([OH+]S(=O)(=O)C(F)(F)C(=O)OCCCCCCBr)C1CCCCC1=O. The largest absolute Gasteiger partial charge is 0.514 e. The van der Waals surface area contributed by atoms with Crippen LogP contribution in [0.15, 0.2) is 0 Å². The van der Waals surface area contributed by atoms with E-state index in [0.29, 0.717) is 32.1 Å². The molecular formula is C16H28BrF2O6S2+. The van der Waals surface area contributed by atoms with Gasteiger partial charge in [-0.25, -0.2) is 4.79 Å². The number of esters is 1. The summed E-state index contributed by atoms with van der Waals surface area (Å²) in [5.41, 5.74) is 0. The van der Waals surface area contributed by atoms with Crippen LogP contribution < -0.4 is 0 Å². The van der Waals surface area contributed by atoms with Crippen molar-refractivity contribution in [3.8, 4) is 0 Å². The summed E-state index contributed by atoms with van der Waals surface area (Å²) in [7, 11) is -7.99. The van der Waals surface area contributed by atoms with Gasteiger partial charge in [0, 0.05) is 24.3 Å². The van der Waals surface area contributed by atoms with E-state index >= 15 is 0 Å². The van der Waals surface area contributed by atoms with Gasteiger partial charge in [-0.3, -0.25) is 8.42 Å². The van der Waals surface area contributed by atoms with Gasteiger partial charge in [-0.2, -0.15) is 8.78 Å². The minimum atomic E-state index is -5.45. The number of unbranched alkanes of at least 4 members (excludes halogenated alkanes) is 3. The molecule has 160 valence electrons. The Balaban J connectivity index is 2.70. The van der Waals surface area contributed by atoms with Crippen LogP contribution in [0.25, 0.3) is 0 Å². The summed E-state index contributed by atoms with van der Waals surface area (Å²) in [6.45, 7) is -0.274. The molecule has 1 atom stereocenters. The number of alkyl halides is 3. The van der Waals surface area contributed by atoms with Gasteiger partial charge in [0.1, 0.15) is 5.25 Å². The number of ether oxygens (including phenoxy) is 1. The Labute approximate surface area is 169 Å². The molecular weight excluding hydrogens is 470 g/mol. The average Bonchev–Trinajstić information content (AvgIpc) is 2.56. The maximum Gasteiger partial charge on any atom is 0.514 e. The minimum absolute atomic E-state index is 0.158. The zero-order chi connectivity index (χ0) is 20.7. The molecule has 6 nitrogen and oxygen atoms in total. The number of rotatable bonds is 11. The van der Waals surface area contributed by atoms with Gasteiger partial charge in [0.25, 0.3) is 0 Å². The lowest BCUT2D eigenvalue weighted by atomic mass is 9.99. The smallest absolute Gasteiger partial charge is 0.460 e. The summed E-state index contributed by atoms with van der Waals surface area (Å²) in [4.78, 5) is 23.7. The second-order valence-corrected chi connectivity index (χ2v) is 13.0. The highest BCUT2D eigenvalue weighted by Gasteiger charge is 2.62. The van der Waals surface area contributed by atoms with Crippen LogP contribution in [0.2, 0.25) is 0 Å². The average molecular weight is 498 g/mol. The van der Waals surface area contributed by atoms with Gasteiger partial charge in [0.2, 0.25) is 0 Å². The van der Waals surface area contributed by atoms with Crippen LogP contribution in [0.1, 0.15) is 51.4 Å². The van der Waals surface area contributed by atoms with Crippen LogP contribution >= 0.6 is 26.2 Å². The molecule has 1 aliphatic rings. The van der Waals surface area contributed by atoms with E-state index in [1.807, 2.05) is 0 Å². The summed E-state index contributed by atoms with van der Waals surface area (Å²) < 4.78 is 60.4. The monoisotopic (exact) mass is 497 g/mol. The minimum Gasteiger partial charge on any atom is -0.460 e. The van der Waals surface area contributed by atoms with Crippen molar-refractivity contribution in [2.75, 3.05) is 24.4 Å². The van der Waals surface area contributed by atoms with Crippen molar-refractivity contribution in [2.45, 2.75) is 61.9 Å². The number of halogens is 3. The van der Waals surface area contributed by atoms with E-state index in [1.165, 1.54) is 12.5 Å². The molecule has 0 aromatic carbocycles. The topological polar surface area (TPSA) is 90.3 Å². The molecule has 0 spiro atoms. The van der Waals surface area contributed by atoms with E-state index in [-0.39, 0.29) is 12.4 Å². The fourth-order valence-electron chi connectivity index (χ4n) is 2.82. The maximum absolute atomic E-state index is 14.2. The normalized spacial score (nSPS) is 19.7. The Bertz CT molecular complexity index is 624. The Morgan fingerprint density at radius 1 is 1.22 bits per heavy atom. The molecule has 1 fully saturated rings. The van der Waals surface area contributed by atoms with Crippen LogP contribution in [0.4, 0.5) is 8.78 Å². The molecule has 1 N–H and O–H groups in total. The van der Waals surface area contributed by atoms with E-state index in [0.717, 1.165) is 24.6 Å². The summed E-state index contributed by atoms with van der Waals surface area (Å²) in [5, 5.41) is -4.61. The van der Waals surface area contributed by atoms with Crippen molar-refractivity contribution in [1.29, 1.82) is 0 Å². The molecule has 0 heterocycles. The molecule has 27 heavy (non-hydrogen) atoms. The molecule has 0 amide bonds. The van der Waals surface area contributed by atoms with Gasteiger partial charge in [-0.15, -0.1) is 8.42 Å². The van der Waals surface area contributed by atoms with Gasteiger partial charge in [-0.1, -0.05) is 35.2 Å². The van der Waals surface area contributed by atoms with Crippen molar-refractivity contribution in [1.82, 2.24) is 0 Å². The predicted octanol–water partition coefficient (Wildman–Crippen LogP) is 3.99. The zero-order valence-corrected chi connectivity index (χ0v) is 18.8. The fraction of sp³-hybridized carbons (Fsp3) is 0.875. The van der Waals surface area contributed by atoms with E-state index in [2.05, 4.69) is 24.3 Å². The molecule has 0 aliphatic heterocycles. The molecule has 11 heteroatoms. The van der Waals surface area contributed by atoms with E-state index in [9.17, 15) is 26.8 Å². The third kappa shape index (κ3) is 6.93. The van der Waals surface area contributed by atoms with Crippen LogP contribution in [-0.2, 0) is 24.4 Å². The molecule has 0 aromatic heterocycles. The lowest BCUT2D eigenvalue weighted by Crippen LogP contribution is -2.44. The summed E-state index contributed by atoms with van der Waals surface area (Å²) >= 11 is 3.27. The molecule has 1 rings (SSSR count). The first-order chi connectivity index (χ1) is 12.5. The third-order valence-electron chi connectivity index (χ3n) is 4.31. The fourth-order valence-corrected chi connectivity index (χ4v) is 7.80. The molecule has 0 saturated heterocycles. The first kappa shape index (κ1) is 24.8. The molecule has 1 aliphatic carbocycles. The number of carbonyl (C=O) groups is 2. The van der Waals surface area contributed by atoms with E-state index < -0.39 is 36.9 Å². The highest BCUT2D eigenvalue weighted by atomic mass is 79.9. The number of Topliss-reactive ketones (excluding diaryl/α,β-unsaturated/α-hetero) is 1. The number of ketones is 1. The zero-order valence-electron chi connectivity index (χ0n) is 15.6. The van der Waals surface area contributed by atoms with E-state index in [1.54, 1.807) is 0 Å². The van der Waals surface area contributed by atoms with Gasteiger partial charge < -0.3 is 4.74 Å². The van der Waals surface area contributed by atoms with Gasteiger partial charge >= 0.3 is 21.3 Å². The Morgan fingerprint density at radius 2 is 1.85 bits per heavy atom. The van der Waals surface area contributed by atoms with Crippen LogP contribution in [0.5, 0.6) is 0 Å². The Morgan fingerprint density at radius 3 is 2.44 bits per heavy atom. The summed E-state index contributed by atoms with van der Waals surface area (Å²) in [6, 6.07) is 0. The Kier molecular flexibility index (Phi) is 9.63. The highest BCUT2D eigenvalue weighted by Crippen LogP contribution is 2.51. The van der Waals surface area contributed by atoms with Crippen molar-refractivity contribution in [3.05, 3.63) is 0 Å². The first-order valence-corrected chi connectivity index (χ1v) is 13.8. The van der Waals surface area contributed by atoms with Crippen molar-refractivity contribution in [3.63, 3.8) is 0 Å². The predicted molar refractivity (Wildman–Crippen MR) is 106 cm³/mol. The van der Waals surface area contributed by atoms with Gasteiger partial charge in [0.15, 0.2) is 5.78 Å². The highest BCUT2D eigenvalue weighted by molar-refractivity contribution is 9.09. The molecule has 1 saturated carbocycles. The number of carbonyl (C=O) groups excluding carboxylic acids is 2. The van der Waals surface area contributed by atoms with Crippen molar-refractivity contribution < 1.29 is 35.2 Å². The van der Waals surface area contributed by atoms with Crippen molar-refractivity contribution >= 4 is 48.1 Å². The maximum atomic E-state index is 14.2. The quantitative estimate of drug-likeness (QED) is 0.141. The molecule has 0 bridgehead atoms. The molecule has 0 aromatic rings. The lowest BCUT2D eigenvalue weighted by Gasteiger charge is -2.35. The van der Waals surface area contributed by atoms with Crippen LogP contribution in [0.3, 0.4) is 0 Å². The lowest BCUT2D eigenvalue weighted by molar-refractivity contribution is -0.161. The second kappa shape index (κ2) is 10.5. The second-order valence-electron chi connectivity index (χ2n) is 6.86. The van der Waals surface area contributed by atoms with Crippen LogP contribution in [-0.4, -0.2) is 58.8 Å². The summed E-state index contributed by atoms with van der Waals surface area (Å²) in [6.07, 6.45) is 7.77. The molecule has 1 unspecified atom stereocenters. The third-order valence-corrected chi connectivity index (χ3v) is 9.90. The Hall–Kier alpha value is -0.260. The number of hydrogen-bond donors (Lipinski definition) is 0. The number of hydrogen-bond acceptors (Lipinski definition) is 5. The molecule has 0 radical (unpaired) electrons. The summed E-state index contributed by atoms with van der Waals surface area (Å²) in [5.74, 6) is -2.27. The van der Waals surface area contributed by atoms with Gasteiger partial charge in [-0.05, 0) is 36.0 Å². The van der Waals surface area contributed by atoms with Crippen molar-refractivity contribution in [2.24, 2.45) is 0 Å². The first-order valence-electron chi connectivity index (χ1n) is 8.80. The van der Waals surface area contributed by atoms with E-state index in [4.69, 9.17) is 0 Å². The van der Waals surface area contributed by atoms with Crippen LogP contribution in [0, 0.1) is 0 Å².